The molecule has 0 aliphatic carbocycles. The smallest absolute Gasteiger partial charge is 0.282 e. The van der Waals surface area contributed by atoms with Crippen molar-refractivity contribution in [2.75, 3.05) is 0 Å². The molecule has 4 aromatic rings. The van der Waals surface area contributed by atoms with Crippen LogP contribution in [0.25, 0.3) is 11.1 Å². The fourth-order valence-corrected chi connectivity index (χ4v) is 3.79. The van der Waals surface area contributed by atoms with E-state index < -0.39 is 26.6 Å². The van der Waals surface area contributed by atoms with Crippen LogP contribution in [0.1, 0.15) is 16.7 Å². The van der Waals surface area contributed by atoms with Crippen molar-refractivity contribution in [3.05, 3.63) is 119 Å². The van der Waals surface area contributed by atoms with Crippen LogP contribution in [0, 0.1) is 32.4 Å². The molecule has 7 heteroatoms. The molecule has 4 aromatic carbocycles. The van der Waals surface area contributed by atoms with Crippen molar-refractivity contribution in [3.63, 3.8) is 0 Å². The summed E-state index contributed by atoms with van der Waals surface area (Å²) in [7, 11) is -4.59. The summed E-state index contributed by atoms with van der Waals surface area (Å²) >= 11 is 4.36. The minimum Gasteiger partial charge on any atom is -0.282 e. The second kappa shape index (κ2) is 12.5. The highest BCUT2D eigenvalue weighted by molar-refractivity contribution is 7.85. The van der Waals surface area contributed by atoms with E-state index in [2.05, 4.69) is 94.1 Å². The van der Waals surface area contributed by atoms with Crippen molar-refractivity contribution < 1.29 is 21.8 Å². The van der Waals surface area contributed by atoms with Gasteiger partial charge in [0.25, 0.3) is 10.1 Å². The Bertz CT molecular complexity index is 1260. The minimum absolute atomic E-state index is 0.378. The molecule has 4 rings (SSSR count). The Morgan fingerprint density at radius 2 is 1.15 bits per heavy atom. The van der Waals surface area contributed by atoms with Crippen molar-refractivity contribution in [2.24, 2.45) is 0 Å². The lowest BCUT2D eigenvalue weighted by molar-refractivity contribution is 0.471. The normalized spacial score (nSPS) is 10.4. The van der Waals surface area contributed by atoms with Crippen LogP contribution in [-0.2, 0) is 10.1 Å². The van der Waals surface area contributed by atoms with Crippen LogP contribution >= 0.6 is 12.6 Å². The first-order chi connectivity index (χ1) is 16.0. The summed E-state index contributed by atoms with van der Waals surface area (Å²) in [6.07, 6.45) is 0. The number of hydrogen-bond acceptors (Lipinski definition) is 3. The minimum atomic E-state index is -4.59. The molecule has 0 heterocycles. The van der Waals surface area contributed by atoms with Gasteiger partial charge in [-0.1, -0.05) is 78.4 Å². The van der Waals surface area contributed by atoms with Gasteiger partial charge in [0.05, 0.1) is 0 Å². The quantitative estimate of drug-likeness (QED) is 0.222. The molecular formula is C27H26F2O3S2. The van der Waals surface area contributed by atoms with E-state index in [4.69, 9.17) is 4.55 Å². The predicted molar refractivity (Wildman–Crippen MR) is 136 cm³/mol. The summed E-state index contributed by atoms with van der Waals surface area (Å²) in [6, 6.07) is 26.9. The molecule has 0 fully saturated rings. The van der Waals surface area contributed by atoms with Gasteiger partial charge in [-0.2, -0.15) is 8.42 Å². The van der Waals surface area contributed by atoms with Crippen LogP contribution in [0.5, 0.6) is 0 Å². The van der Waals surface area contributed by atoms with E-state index in [-0.39, 0.29) is 0 Å². The van der Waals surface area contributed by atoms with E-state index in [1.807, 2.05) is 12.1 Å². The molecule has 3 nitrogen and oxygen atoms in total. The maximum atomic E-state index is 12.6. The lowest BCUT2D eigenvalue weighted by atomic mass is 10.1. The largest absolute Gasteiger partial charge is 0.297 e. The lowest BCUT2D eigenvalue weighted by Gasteiger charge is -2.03. The van der Waals surface area contributed by atoms with Gasteiger partial charge in [0.2, 0.25) is 0 Å². The molecule has 0 saturated heterocycles. The molecule has 0 aliphatic heterocycles. The number of rotatable bonds is 2. The number of benzene rings is 4. The average molecular weight is 501 g/mol. The molecule has 0 atom stereocenters. The summed E-state index contributed by atoms with van der Waals surface area (Å²) in [5, 5.41) is 0. The van der Waals surface area contributed by atoms with Crippen molar-refractivity contribution in [3.8, 4) is 11.1 Å². The molecule has 178 valence electrons. The van der Waals surface area contributed by atoms with Gasteiger partial charge >= 0.3 is 0 Å². The van der Waals surface area contributed by atoms with E-state index in [0.29, 0.717) is 12.1 Å². The monoisotopic (exact) mass is 500 g/mol. The first-order valence-corrected chi connectivity index (χ1v) is 12.2. The van der Waals surface area contributed by atoms with Gasteiger partial charge in [-0.15, -0.1) is 12.6 Å². The summed E-state index contributed by atoms with van der Waals surface area (Å²) in [6.45, 7) is 6.28. The zero-order valence-corrected chi connectivity index (χ0v) is 20.7. The third-order valence-corrected chi connectivity index (χ3v) is 6.28. The molecule has 0 bridgehead atoms. The second-order valence-electron chi connectivity index (χ2n) is 7.53. The van der Waals surface area contributed by atoms with Gasteiger partial charge in [0, 0.05) is 11.0 Å². The highest BCUT2D eigenvalue weighted by atomic mass is 32.2. The number of aryl methyl sites for hydroxylation is 3. The van der Waals surface area contributed by atoms with E-state index in [1.54, 1.807) is 0 Å². The second-order valence-corrected chi connectivity index (χ2v) is 9.37. The molecule has 0 spiro atoms. The van der Waals surface area contributed by atoms with Gasteiger partial charge in [-0.3, -0.25) is 4.55 Å². The maximum absolute atomic E-state index is 12.6. The third kappa shape index (κ3) is 8.41. The van der Waals surface area contributed by atoms with Crippen LogP contribution in [0.15, 0.2) is 101 Å². The summed E-state index contributed by atoms with van der Waals surface area (Å²) in [5.41, 5.74) is 6.39. The number of thiol groups is 1. The summed E-state index contributed by atoms with van der Waals surface area (Å²) in [4.78, 5) is 0.189. The Kier molecular flexibility index (Phi) is 9.98. The summed E-state index contributed by atoms with van der Waals surface area (Å²) in [5.74, 6) is -2.21. The van der Waals surface area contributed by atoms with E-state index in [9.17, 15) is 17.2 Å². The molecule has 0 unspecified atom stereocenters. The summed E-state index contributed by atoms with van der Waals surface area (Å²) < 4.78 is 53.9. The molecule has 0 radical (unpaired) electrons. The maximum Gasteiger partial charge on any atom is 0.297 e. The van der Waals surface area contributed by atoms with Crippen LogP contribution in [-0.4, -0.2) is 13.0 Å². The standard InChI is InChI=1S/C12H10.C9H12S.C6H4F2O3S/c1-3-7-11(8-4-1)12-9-5-2-6-10-12;1-6-4-7(2)9(10)8(3)5-6;7-4-1-2-6(5(8)3-4)12(9,10)11/h1-10H;4-5,10H,1-3H3;1-3H,(H,9,10,11). The van der Waals surface area contributed by atoms with Crippen LogP contribution in [0.3, 0.4) is 0 Å². The zero-order chi connectivity index (χ0) is 25.3. The molecule has 0 amide bonds. The fraction of sp³-hybridized carbons (Fsp3) is 0.111. The average Bonchev–Trinajstić information content (AvgIpc) is 2.78. The van der Waals surface area contributed by atoms with Crippen molar-refractivity contribution in [2.45, 2.75) is 30.6 Å². The molecule has 1 N–H and O–H groups in total. The Balaban J connectivity index is 0.000000181. The van der Waals surface area contributed by atoms with Crippen LogP contribution in [0.2, 0.25) is 0 Å². The Morgan fingerprint density at radius 3 is 1.53 bits per heavy atom. The van der Waals surface area contributed by atoms with Crippen molar-refractivity contribution in [1.82, 2.24) is 0 Å². The first-order valence-electron chi connectivity index (χ1n) is 10.3. The Labute approximate surface area is 205 Å². The fourth-order valence-electron chi connectivity index (χ4n) is 3.12. The van der Waals surface area contributed by atoms with E-state index >= 15 is 0 Å². The van der Waals surface area contributed by atoms with Gasteiger partial charge in [0.1, 0.15) is 16.5 Å². The zero-order valence-electron chi connectivity index (χ0n) is 19.0. The van der Waals surface area contributed by atoms with Crippen molar-refractivity contribution >= 4 is 22.7 Å². The third-order valence-electron chi connectivity index (χ3n) is 4.69. The lowest BCUT2D eigenvalue weighted by Crippen LogP contribution is -2.01. The van der Waals surface area contributed by atoms with Gasteiger partial charge < -0.3 is 0 Å². The van der Waals surface area contributed by atoms with E-state index in [0.717, 1.165) is 11.0 Å². The van der Waals surface area contributed by atoms with Crippen LogP contribution in [0.4, 0.5) is 8.78 Å². The molecule has 34 heavy (non-hydrogen) atoms. The first kappa shape index (κ1) is 27.2. The SMILES string of the molecule is Cc1cc(C)c(S)c(C)c1.O=S(=O)(O)c1ccc(F)cc1F.c1ccc(-c2ccccc2)cc1. The van der Waals surface area contributed by atoms with Gasteiger partial charge in [-0.05, 0) is 55.2 Å². The Morgan fingerprint density at radius 1 is 0.706 bits per heavy atom. The van der Waals surface area contributed by atoms with Crippen LogP contribution < -0.4 is 0 Å². The van der Waals surface area contributed by atoms with Crippen molar-refractivity contribution in [1.29, 1.82) is 0 Å². The number of halogens is 2. The predicted octanol–water partition coefficient (Wildman–Crippen LogP) is 7.47. The van der Waals surface area contributed by atoms with Gasteiger partial charge in [-0.25, -0.2) is 8.78 Å². The van der Waals surface area contributed by atoms with Gasteiger partial charge in [0.15, 0.2) is 0 Å². The number of hydrogen-bond donors (Lipinski definition) is 2. The highest BCUT2D eigenvalue weighted by Crippen LogP contribution is 2.19. The highest BCUT2D eigenvalue weighted by Gasteiger charge is 2.15. The molecular weight excluding hydrogens is 474 g/mol. The molecule has 0 saturated carbocycles. The topological polar surface area (TPSA) is 54.4 Å². The molecule has 0 aromatic heterocycles. The van der Waals surface area contributed by atoms with E-state index in [1.165, 1.54) is 27.8 Å². The molecule has 0 aliphatic rings. The Hall–Kier alpha value is -3.00.